The molecule has 0 heterocycles. The lowest BCUT2D eigenvalue weighted by Crippen LogP contribution is -1.80. The van der Waals surface area contributed by atoms with Crippen molar-refractivity contribution in [2.24, 2.45) is 4.40 Å². The second-order valence-electron chi connectivity index (χ2n) is 4.00. The van der Waals surface area contributed by atoms with Gasteiger partial charge in [-0.15, -0.1) is 0 Å². The molecule has 0 aromatic heterocycles. The highest BCUT2D eigenvalue weighted by molar-refractivity contribution is 7.98. The highest BCUT2D eigenvalue weighted by atomic mass is 32.2. The summed E-state index contributed by atoms with van der Waals surface area (Å²) in [5.41, 5.74) is 3.67. The first kappa shape index (κ1) is 11.9. The van der Waals surface area contributed by atoms with E-state index in [0.717, 1.165) is 5.56 Å². The lowest BCUT2D eigenvalue weighted by Gasteiger charge is -1.99. The molecule has 0 unspecified atom stereocenters. The molecule has 0 atom stereocenters. The maximum Gasteiger partial charge on any atom is 0.0428 e. The highest BCUT2D eigenvalue weighted by Gasteiger charge is 1.95. The summed E-state index contributed by atoms with van der Waals surface area (Å²) in [6.07, 6.45) is 1.90. The third kappa shape index (κ3) is 3.46. The zero-order valence-corrected chi connectivity index (χ0v) is 10.9. The van der Waals surface area contributed by atoms with Crippen LogP contribution in [0.2, 0.25) is 0 Å². The second kappa shape index (κ2) is 5.69. The molecule has 2 aromatic rings. The van der Waals surface area contributed by atoms with Gasteiger partial charge in [0.2, 0.25) is 0 Å². The molecule has 2 aromatic carbocycles. The van der Waals surface area contributed by atoms with Gasteiger partial charge in [-0.1, -0.05) is 48.0 Å². The summed E-state index contributed by atoms with van der Waals surface area (Å²) in [5.74, 6) is 0. The van der Waals surface area contributed by atoms with Gasteiger partial charge in [-0.05, 0) is 31.0 Å². The molecule has 0 amide bonds. The molecule has 86 valence electrons. The minimum atomic E-state index is 1.14. The van der Waals surface area contributed by atoms with Gasteiger partial charge in [0.05, 0.1) is 0 Å². The Morgan fingerprint density at radius 1 is 0.941 bits per heavy atom. The van der Waals surface area contributed by atoms with Crippen LogP contribution in [0.25, 0.3) is 0 Å². The molecule has 1 nitrogen and oxygen atoms in total. The van der Waals surface area contributed by atoms with Crippen molar-refractivity contribution in [2.75, 3.05) is 0 Å². The summed E-state index contributed by atoms with van der Waals surface area (Å²) >= 11 is 1.52. The molecule has 0 N–H and O–H groups in total. The van der Waals surface area contributed by atoms with Gasteiger partial charge in [-0.25, -0.2) is 4.40 Å². The molecule has 0 radical (unpaired) electrons. The predicted octanol–water partition coefficient (Wildman–Crippen LogP) is 4.43. The van der Waals surface area contributed by atoms with Gasteiger partial charge >= 0.3 is 0 Å². The highest BCUT2D eigenvalue weighted by Crippen LogP contribution is 2.22. The fourth-order valence-electron chi connectivity index (χ4n) is 1.46. The van der Waals surface area contributed by atoms with E-state index in [0.29, 0.717) is 0 Å². The molecule has 0 fully saturated rings. The Morgan fingerprint density at radius 2 is 1.65 bits per heavy atom. The van der Waals surface area contributed by atoms with Gasteiger partial charge in [0.15, 0.2) is 0 Å². The van der Waals surface area contributed by atoms with Crippen molar-refractivity contribution in [1.29, 1.82) is 0 Å². The van der Waals surface area contributed by atoms with Gasteiger partial charge in [0, 0.05) is 23.1 Å². The summed E-state index contributed by atoms with van der Waals surface area (Å²) in [7, 11) is 0. The maximum absolute atomic E-state index is 4.39. The standard InChI is InChI=1S/C15H15NS/c1-12-7-9-14(10-8-12)11-16-17-15-6-4-3-5-13(15)2/h3-11H,1-2H3/b16-11+. The molecule has 17 heavy (non-hydrogen) atoms. The molecule has 2 rings (SSSR count). The Bertz CT molecular complexity index is 515. The average Bonchev–Trinajstić information content (AvgIpc) is 2.34. The van der Waals surface area contributed by atoms with Crippen LogP contribution in [0.1, 0.15) is 16.7 Å². The van der Waals surface area contributed by atoms with Crippen LogP contribution in [-0.4, -0.2) is 6.21 Å². The van der Waals surface area contributed by atoms with Crippen LogP contribution in [0, 0.1) is 13.8 Å². The van der Waals surface area contributed by atoms with Crippen molar-refractivity contribution in [3.8, 4) is 0 Å². The van der Waals surface area contributed by atoms with E-state index in [-0.39, 0.29) is 0 Å². The van der Waals surface area contributed by atoms with E-state index in [1.165, 1.54) is 28.0 Å². The fraction of sp³-hybridized carbons (Fsp3) is 0.133. The van der Waals surface area contributed by atoms with Crippen molar-refractivity contribution in [3.63, 3.8) is 0 Å². The summed E-state index contributed by atoms with van der Waals surface area (Å²) in [6, 6.07) is 16.6. The zero-order chi connectivity index (χ0) is 12.1. The van der Waals surface area contributed by atoms with E-state index in [1.54, 1.807) is 0 Å². The topological polar surface area (TPSA) is 12.4 Å². The first-order chi connectivity index (χ1) is 8.25. The number of hydrogen-bond donors (Lipinski definition) is 0. The van der Waals surface area contributed by atoms with Crippen molar-refractivity contribution in [3.05, 3.63) is 65.2 Å². The van der Waals surface area contributed by atoms with E-state index in [1.807, 2.05) is 18.3 Å². The van der Waals surface area contributed by atoms with Gasteiger partial charge in [-0.3, -0.25) is 0 Å². The van der Waals surface area contributed by atoms with Gasteiger partial charge < -0.3 is 0 Å². The minimum Gasteiger partial charge on any atom is -0.219 e. The molecule has 0 aliphatic rings. The van der Waals surface area contributed by atoms with E-state index in [9.17, 15) is 0 Å². The Kier molecular flexibility index (Phi) is 3.99. The third-order valence-corrected chi connectivity index (χ3v) is 3.39. The average molecular weight is 241 g/mol. The van der Waals surface area contributed by atoms with Gasteiger partial charge in [0.1, 0.15) is 0 Å². The van der Waals surface area contributed by atoms with Crippen LogP contribution in [0.4, 0.5) is 0 Å². The second-order valence-corrected chi connectivity index (χ2v) is 4.84. The molecule has 0 saturated heterocycles. The van der Waals surface area contributed by atoms with Crippen LogP contribution in [0.5, 0.6) is 0 Å². The SMILES string of the molecule is Cc1ccc(/C=N/Sc2ccccc2C)cc1. The van der Waals surface area contributed by atoms with Crippen LogP contribution in [-0.2, 0) is 0 Å². The lowest BCUT2D eigenvalue weighted by atomic mass is 10.2. The number of nitrogens with zero attached hydrogens (tertiary/aromatic N) is 1. The first-order valence-corrected chi connectivity index (χ1v) is 6.36. The third-order valence-electron chi connectivity index (χ3n) is 2.52. The Morgan fingerprint density at radius 3 is 2.35 bits per heavy atom. The van der Waals surface area contributed by atoms with Crippen LogP contribution >= 0.6 is 11.9 Å². The molecule has 0 spiro atoms. The van der Waals surface area contributed by atoms with E-state index < -0.39 is 0 Å². The van der Waals surface area contributed by atoms with E-state index in [2.05, 4.69) is 54.6 Å². The van der Waals surface area contributed by atoms with E-state index >= 15 is 0 Å². The van der Waals surface area contributed by atoms with Crippen LogP contribution in [0.15, 0.2) is 57.8 Å². The Hall–Kier alpha value is -1.54. The van der Waals surface area contributed by atoms with Crippen molar-refractivity contribution < 1.29 is 0 Å². The van der Waals surface area contributed by atoms with Gasteiger partial charge in [0.25, 0.3) is 0 Å². The first-order valence-electron chi connectivity index (χ1n) is 5.58. The lowest BCUT2D eigenvalue weighted by molar-refractivity contribution is 1.30. The van der Waals surface area contributed by atoms with Crippen LogP contribution in [0.3, 0.4) is 0 Å². The zero-order valence-electron chi connectivity index (χ0n) is 10.1. The predicted molar refractivity (Wildman–Crippen MR) is 75.8 cm³/mol. The molecule has 0 saturated carbocycles. The normalized spacial score (nSPS) is 10.9. The Balaban J connectivity index is 2.03. The summed E-state index contributed by atoms with van der Waals surface area (Å²) in [6.45, 7) is 4.19. The Labute approximate surface area is 107 Å². The number of hydrogen-bond acceptors (Lipinski definition) is 2. The van der Waals surface area contributed by atoms with Gasteiger partial charge in [-0.2, -0.15) is 0 Å². The fourth-order valence-corrected chi connectivity index (χ4v) is 2.09. The monoisotopic (exact) mass is 241 g/mol. The largest absolute Gasteiger partial charge is 0.219 e. The molecular weight excluding hydrogens is 226 g/mol. The molecule has 0 aliphatic heterocycles. The van der Waals surface area contributed by atoms with E-state index in [4.69, 9.17) is 0 Å². The molecule has 0 bridgehead atoms. The maximum atomic E-state index is 4.39. The number of aryl methyl sites for hydroxylation is 2. The summed E-state index contributed by atoms with van der Waals surface area (Å²) < 4.78 is 4.39. The molecule has 2 heteroatoms. The smallest absolute Gasteiger partial charge is 0.0428 e. The quantitative estimate of drug-likeness (QED) is 0.572. The van der Waals surface area contributed by atoms with Crippen molar-refractivity contribution in [1.82, 2.24) is 0 Å². The van der Waals surface area contributed by atoms with Crippen molar-refractivity contribution >= 4 is 18.2 Å². The summed E-state index contributed by atoms with van der Waals surface area (Å²) in [5, 5.41) is 0. The number of rotatable bonds is 3. The minimum absolute atomic E-state index is 1.14. The molecular formula is C15H15NS. The number of benzene rings is 2. The summed E-state index contributed by atoms with van der Waals surface area (Å²) in [4.78, 5) is 1.20. The molecule has 0 aliphatic carbocycles. The van der Waals surface area contributed by atoms with Crippen molar-refractivity contribution in [2.45, 2.75) is 18.7 Å². The van der Waals surface area contributed by atoms with Crippen LogP contribution < -0.4 is 0 Å².